The van der Waals surface area contributed by atoms with Gasteiger partial charge in [-0.15, -0.1) is 0 Å². The van der Waals surface area contributed by atoms with Crippen molar-refractivity contribution in [1.82, 2.24) is 0 Å². The Morgan fingerprint density at radius 1 is 1.50 bits per heavy atom. The zero-order chi connectivity index (χ0) is 8.15. The smallest absolute Gasteiger partial charge is 1.00 e. The SMILES string of the molecule is NC(=O)CCC(N)C(=O)O.[H-].[H-].[K+].[Na+]. The van der Waals surface area contributed by atoms with Gasteiger partial charge in [0.25, 0.3) is 0 Å². The Kier molecular flexibility index (Phi) is 17.0. The molecule has 7 heteroatoms. The summed E-state index contributed by atoms with van der Waals surface area (Å²) in [4.78, 5) is 20.1. The molecule has 1 amide bonds. The zero-order valence-corrected chi connectivity index (χ0v) is 12.5. The molecule has 0 aliphatic rings. The Labute approximate surface area is 138 Å². The van der Waals surface area contributed by atoms with Gasteiger partial charge < -0.3 is 19.4 Å². The Balaban J connectivity index is -0.0000000675. The monoisotopic (exact) mass is 210 g/mol. The number of primary amides is 1. The number of aliphatic carboxylic acids is 1. The van der Waals surface area contributed by atoms with Gasteiger partial charge in [0.2, 0.25) is 5.91 Å². The van der Waals surface area contributed by atoms with Crippen LogP contribution in [0.3, 0.4) is 0 Å². The molecule has 0 aromatic heterocycles. The predicted octanol–water partition coefficient (Wildman–Crippen LogP) is -7.10. The number of carbonyl (C=O) groups excluding carboxylic acids is 1. The van der Waals surface area contributed by atoms with Gasteiger partial charge in [-0.2, -0.15) is 0 Å². The van der Waals surface area contributed by atoms with Crippen LogP contribution >= 0.6 is 0 Å². The molecule has 5 N–H and O–H groups in total. The molecule has 5 nitrogen and oxygen atoms in total. The zero-order valence-electron chi connectivity index (χ0n) is 9.41. The summed E-state index contributed by atoms with van der Waals surface area (Å²) in [6.07, 6.45) is 0.123. The summed E-state index contributed by atoms with van der Waals surface area (Å²) in [7, 11) is 0. The number of hydrogen-bond acceptors (Lipinski definition) is 3. The number of rotatable bonds is 4. The van der Waals surface area contributed by atoms with E-state index in [-0.39, 0.29) is 96.6 Å². The van der Waals surface area contributed by atoms with Crippen LogP contribution in [0.4, 0.5) is 0 Å². The van der Waals surface area contributed by atoms with Crippen molar-refractivity contribution in [3.05, 3.63) is 0 Å². The molecule has 0 aliphatic carbocycles. The van der Waals surface area contributed by atoms with E-state index in [1.807, 2.05) is 0 Å². The maximum atomic E-state index is 10.1. The third kappa shape index (κ3) is 11.5. The first-order chi connectivity index (χ1) is 4.54. The van der Waals surface area contributed by atoms with Crippen molar-refractivity contribution in [3.8, 4) is 0 Å². The van der Waals surface area contributed by atoms with E-state index in [4.69, 9.17) is 16.6 Å². The molecular formula is C5H12KN2NaO3. The van der Waals surface area contributed by atoms with Gasteiger partial charge in [-0.05, 0) is 6.42 Å². The van der Waals surface area contributed by atoms with Gasteiger partial charge in [-0.3, -0.25) is 9.59 Å². The maximum Gasteiger partial charge on any atom is 1.00 e. The molecule has 0 saturated carbocycles. The molecule has 12 heavy (non-hydrogen) atoms. The standard InChI is InChI=1S/C5H10N2O3.K.Na.2H/c6-3(5(9)10)1-2-4(7)8;;;;/h3H,1-2,6H2,(H2,7,8)(H,9,10);;;;/q;2*+1;2*-1. The first-order valence-electron chi connectivity index (χ1n) is 2.80. The van der Waals surface area contributed by atoms with E-state index in [2.05, 4.69) is 0 Å². The topological polar surface area (TPSA) is 106 Å². The summed E-state index contributed by atoms with van der Waals surface area (Å²) >= 11 is 0. The minimum atomic E-state index is -1.11. The van der Waals surface area contributed by atoms with E-state index >= 15 is 0 Å². The van der Waals surface area contributed by atoms with Gasteiger partial charge in [-0.1, -0.05) is 0 Å². The fraction of sp³-hybridized carbons (Fsp3) is 0.600. The maximum absolute atomic E-state index is 10.1. The molecule has 0 aromatic carbocycles. The quantitative estimate of drug-likeness (QED) is 0.401. The van der Waals surface area contributed by atoms with Crippen LogP contribution in [0.25, 0.3) is 0 Å². The Morgan fingerprint density at radius 3 is 2.17 bits per heavy atom. The number of carbonyl (C=O) groups is 2. The molecule has 0 radical (unpaired) electrons. The molecule has 0 aromatic rings. The molecule has 0 heterocycles. The van der Waals surface area contributed by atoms with Crippen molar-refractivity contribution < 1.29 is 98.5 Å². The summed E-state index contributed by atoms with van der Waals surface area (Å²) in [5.41, 5.74) is 9.81. The van der Waals surface area contributed by atoms with Crippen molar-refractivity contribution in [2.45, 2.75) is 18.9 Å². The van der Waals surface area contributed by atoms with Crippen molar-refractivity contribution in [3.63, 3.8) is 0 Å². The van der Waals surface area contributed by atoms with Crippen molar-refractivity contribution >= 4 is 11.9 Å². The first kappa shape index (κ1) is 19.2. The van der Waals surface area contributed by atoms with Crippen LogP contribution in [-0.2, 0) is 9.59 Å². The van der Waals surface area contributed by atoms with Gasteiger partial charge >= 0.3 is 86.9 Å². The summed E-state index contributed by atoms with van der Waals surface area (Å²) in [6, 6.07) is -0.979. The van der Waals surface area contributed by atoms with Crippen LogP contribution in [0.15, 0.2) is 0 Å². The number of carboxylic acids is 1. The Hall–Kier alpha value is 1.54. The normalized spacial score (nSPS) is 10.4. The average Bonchev–Trinajstić information content (AvgIpc) is 1.82. The molecule has 0 bridgehead atoms. The second-order valence-corrected chi connectivity index (χ2v) is 1.95. The van der Waals surface area contributed by atoms with Gasteiger partial charge in [0.15, 0.2) is 0 Å². The van der Waals surface area contributed by atoms with Crippen LogP contribution in [0.5, 0.6) is 0 Å². The summed E-state index contributed by atoms with van der Waals surface area (Å²) in [6.45, 7) is 0. The molecule has 0 aliphatic heterocycles. The van der Waals surface area contributed by atoms with Crippen LogP contribution in [-0.4, -0.2) is 23.0 Å². The number of carboxylic acid groups (broad SMARTS) is 1. The molecule has 1 unspecified atom stereocenters. The third-order valence-electron chi connectivity index (χ3n) is 1.02. The van der Waals surface area contributed by atoms with E-state index in [1.165, 1.54) is 0 Å². The van der Waals surface area contributed by atoms with Crippen LogP contribution < -0.4 is 92.4 Å². The van der Waals surface area contributed by atoms with Crippen molar-refractivity contribution in [2.75, 3.05) is 0 Å². The first-order valence-corrected chi connectivity index (χ1v) is 2.80. The Bertz CT molecular complexity index is 164. The summed E-state index contributed by atoms with van der Waals surface area (Å²) in [5.74, 6) is -1.64. The largest absolute Gasteiger partial charge is 1.00 e. The van der Waals surface area contributed by atoms with E-state index in [1.54, 1.807) is 0 Å². The number of nitrogens with two attached hydrogens (primary N) is 2. The molecular weight excluding hydrogens is 198 g/mol. The average molecular weight is 210 g/mol. The fourth-order valence-corrected chi connectivity index (χ4v) is 0.421. The number of hydrogen-bond donors (Lipinski definition) is 3. The predicted molar refractivity (Wildman–Crippen MR) is 36.3 cm³/mol. The molecule has 0 saturated heterocycles. The molecule has 0 rings (SSSR count). The van der Waals surface area contributed by atoms with Crippen LogP contribution in [0.2, 0.25) is 0 Å². The van der Waals surface area contributed by atoms with Crippen molar-refractivity contribution in [1.29, 1.82) is 0 Å². The van der Waals surface area contributed by atoms with E-state index in [9.17, 15) is 9.59 Å². The van der Waals surface area contributed by atoms with Gasteiger partial charge in [-0.25, -0.2) is 0 Å². The van der Waals surface area contributed by atoms with Crippen LogP contribution in [0.1, 0.15) is 15.7 Å². The molecule has 1 atom stereocenters. The number of amides is 1. The van der Waals surface area contributed by atoms with E-state index in [0.29, 0.717) is 0 Å². The van der Waals surface area contributed by atoms with Gasteiger partial charge in [0, 0.05) is 6.42 Å². The molecule has 62 valence electrons. The second-order valence-electron chi connectivity index (χ2n) is 1.95. The van der Waals surface area contributed by atoms with Gasteiger partial charge in [0.1, 0.15) is 6.04 Å². The second kappa shape index (κ2) is 10.6. The van der Waals surface area contributed by atoms with E-state index < -0.39 is 17.9 Å². The summed E-state index contributed by atoms with van der Waals surface area (Å²) in [5, 5.41) is 8.22. The summed E-state index contributed by atoms with van der Waals surface area (Å²) < 4.78 is 0. The minimum absolute atomic E-state index is 0. The molecule has 0 spiro atoms. The van der Waals surface area contributed by atoms with E-state index in [0.717, 1.165) is 0 Å². The minimum Gasteiger partial charge on any atom is -1.00 e. The third-order valence-corrected chi connectivity index (χ3v) is 1.02. The van der Waals surface area contributed by atoms with Gasteiger partial charge in [0.05, 0.1) is 0 Å². The van der Waals surface area contributed by atoms with Crippen LogP contribution in [0, 0.1) is 0 Å². The van der Waals surface area contributed by atoms with Crippen molar-refractivity contribution in [2.24, 2.45) is 11.5 Å². The Morgan fingerprint density at radius 2 is 1.92 bits per heavy atom. The molecule has 0 fully saturated rings. The fourth-order valence-electron chi connectivity index (χ4n) is 0.421.